The maximum absolute atomic E-state index is 5.04. The summed E-state index contributed by atoms with van der Waals surface area (Å²) in [4.78, 5) is 9.35. The third-order valence-corrected chi connectivity index (χ3v) is 9.11. The summed E-state index contributed by atoms with van der Waals surface area (Å²) in [5.41, 5.74) is 11.4. The highest BCUT2D eigenvalue weighted by Gasteiger charge is 2.18. The van der Waals surface area contributed by atoms with Gasteiger partial charge in [0.1, 0.15) is 5.82 Å². The third kappa shape index (κ3) is 4.60. The molecule has 0 bridgehead atoms. The van der Waals surface area contributed by atoms with Crippen LogP contribution in [0.25, 0.3) is 83.0 Å². The molecular formula is C44H29N3. The lowest BCUT2D eigenvalue weighted by atomic mass is 9.85. The molecule has 9 aromatic rings. The topological polar surface area (TPSA) is 30.7 Å². The van der Waals surface area contributed by atoms with Gasteiger partial charge in [0.2, 0.25) is 0 Å². The summed E-state index contributed by atoms with van der Waals surface area (Å²) in [5, 5.41) is 4.96. The van der Waals surface area contributed by atoms with E-state index >= 15 is 0 Å². The molecule has 0 radical (unpaired) electrons. The van der Waals surface area contributed by atoms with Crippen LogP contribution in [0.15, 0.2) is 176 Å². The Morgan fingerprint density at radius 3 is 1.49 bits per heavy atom. The Balaban J connectivity index is 1.21. The quantitative estimate of drug-likeness (QED) is 0.184. The zero-order valence-corrected chi connectivity index (χ0v) is 25.6. The first kappa shape index (κ1) is 27.0. The monoisotopic (exact) mass is 599 g/mol. The van der Waals surface area contributed by atoms with E-state index in [9.17, 15) is 0 Å². The molecule has 3 heteroatoms. The number of fused-ring (bicyclic) bond motifs is 3. The van der Waals surface area contributed by atoms with E-state index in [-0.39, 0.29) is 0 Å². The smallest absolute Gasteiger partial charge is 0.145 e. The molecule has 0 aliphatic rings. The summed E-state index contributed by atoms with van der Waals surface area (Å²) in [6, 6.07) is 58.3. The zero-order valence-electron chi connectivity index (χ0n) is 25.6. The fraction of sp³-hybridized carbons (Fsp3) is 0. The average Bonchev–Trinajstić information content (AvgIpc) is 3.54. The van der Waals surface area contributed by atoms with Crippen molar-refractivity contribution >= 4 is 32.6 Å². The van der Waals surface area contributed by atoms with Crippen LogP contribution in [-0.2, 0) is 0 Å². The van der Waals surface area contributed by atoms with E-state index in [1.807, 2.05) is 30.6 Å². The first-order valence-corrected chi connectivity index (χ1v) is 15.9. The number of nitrogens with zero attached hydrogens (tertiary/aromatic N) is 3. The van der Waals surface area contributed by atoms with Crippen LogP contribution in [0.5, 0.6) is 0 Å². The number of pyridine rings is 1. The Labute approximate surface area is 273 Å². The van der Waals surface area contributed by atoms with Crippen molar-refractivity contribution in [3.63, 3.8) is 0 Å². The average molecular weight is 600 g/mol. The molecule has 0 aliphatic carbocycles. The Bertz CT molecular complexity index is 2470. The molecule has 2 heterocycles. The highest BCUT2D eigenvalue weighted by molar-refractivity contribution is 6.21. The number of hydrogen-bond acceptors (Lipinski definition) is 2. The second-order valence-corrected chi connectivity index (χ2v) is 11.8. The minimum absolute atomic E-state index is 0.939. The molecule has 0 saturated carbocycles. The Kier molecular flexibility index (Phi) is 6.46. The second-order valence-electron chi connectivity index (χ2n) is 11.8. The molecule has 3 nitrogen and oxygen atoms in total. The fourth-order valence-corrected chi connectivity index (χ4v) is 6.96. The predicted molar refractivity (Wildman–Crippen MR) is 196 cm³/mol. The van der Waals surface area contributed by atoms with Crippen LogP contribution < -0.4 is 0 Å². The van der Waals surface area contributed by atoms with Crippen LogP contribution in [0, 0.1) is 0 Å². The number of aromatic nitrogens is 3. The predicted octanol–water partition coefficient (Wildman–Crippen LogP) is 11.4. The Hall–Kier alpha value is -6.32. The van der Waals surface area contributed by atoms with E-state index in [4.69, 9.17) is 4.98 Å². The number of para-hydroxylation sites is 2. The van der Waals surface area contributed by atoms with E-state index in [0.717, 1.165) is 39.2 Å². The summed E-state index contributed by atoms with van der Waals surface area (Å²) in [6.45, 7) is 0. The maximum Gasteiger partial charge on any atom is 0.145 e. The van der Waals surface area contributed by atoms with Gasteiger partial charge in [-0.3, -0.25) is 9.55 Å². The summed E-state index contributed by atoms with van der Waals surface area (Å²) < 4.78 is 2.27. The van der Waals surface area contributed by atoms with Gasteiger partial charge in [-0.1, -0.05) is 133 Å². The van der Waals surface area contributed by atoms with Gasteiger partial charge in [0, 0.05) is 23.6 Å². The largest absolute Gasteiger partial charge is 0.292 e. The molecule has 9 rings (SSSR count). The number of benzene rings is 7. The zero-order chi connectivity index (χ0) is 31.2. The number of rotatable bonds is 5. The minimum Gasteiger partial charge on any atom is -0.292 e. The Morgan fingerprint density at radius 2 is 0.894 bits per heavy atom. The summed E-state index contributed by atoms with van der Waals surface area (Å²) in [7, 11) is 0. The van der Waals surface area contributed by atoms with Crippen molar-refractivity contribution in [2.24, 2.45) is 0 Å². The van der Waals surface area contributed by atoms with Gasteiger partial charge in [-0.2, -0.15) is 0 Å². The molecule has 220 valence electrons. The van der Waals surface area contributed by atoms with Gasteiger partial charge in [0.15, 0.2) is 0 Å². The summed E-state index contributed by atoms with van der Waals surface area (Å²) >= 11 is 0. The van der Waals surface area contributed by atoms with Crippen LogP contribution in [0.1, 0.15) is 0 Å². The number of hydrogen-bond donors (Lipinski definition) is 0. The summed E-state index contributed by atoms with van der Waals surface area (Å²) in [6.07, 6.45) is 3.73. The third-order valence-electron chi connectivity index (χ3n) is 9.11. The van der Waals surface area contributed by atoms with Gasteiger partial charge in [-0.25, -0.2) is 4.98 Å². The van der Waals surface area contributed by atoms with Gasteiger partial charge in [0.05, 0.1) is 11.0 Å². The molecule has 0 amide bonds. The van der Waals surface area contributed by atoms with Crippen LogP contribution >= 0.6 is 0 Å². The fourth-order valence-electron chi connectivity index (χ4n) is 6.96. The lowest BCUT2D eigenvalue weighted by Gasteiger charge is -2.18. The molecule has 47 heavy (non-hydrogen) atoms. The van der Waals surface area contributed by atoms with E-state index in [0.29, 0.717) is 0 Å². The SMILES string of the molecule is c1ccc(-c2nc3ccccc3n2-c2ccc(-c3c4ccccc4c(-c4ccc(-c5cccnc5)cc4)c4ccccc34)cc2)cc1. The van der Waals surface area contributed by atoms with E-state index in [1.165, 1.54) is 43.8 Å². The molecule has 0 spiro atoms. The molecule has 0 atom stereocenters. The molecule has 7 aromatic carbocycles. The van der Waals surface area contributed by atoms with Crippen molar-refractivity contribution in [3.05, 3.63) is 176 Å². The van der Waals surface area contributed by atoms with Crippen molar-refractivity contribution in [1.29, 1.82) is 0 Å². The molecule has 0 N–H and O–H groups in total. The van der Waals surface area contributed by atoms with E-state index < -0.39 is 0 Å². The van der Waals surface area contributed by atoms with Gasteiger partial charge >= 0.3 is 0 Å². The van der Waals surface area contributed by atoms with Crippen LogP contribution in [0.3, 0.4) is 0 Å². The van der Waals surface area contributed by atoms with E-state index in [1.54, 1.807) is 0 Å². The van der Waals surface area contributed by atoms with Crippen LogP contribution in [0.4, 0.5) is 0 Å². The standard InChI is InChI=1S/C44H29N3/c1-2-11-33(12-3-1)44-46-40-18-8-9-19-41(40)47(44)35-26-24-32(25-27-35)43-38-16-6-4-14-36(38)42(37-15-5-7-17-39(37)43)31-22-20-30(21-23-31)34-13-10-28-45-29-34/h1-29H. The van der Waals surface area contributed by atoms with Gasteiger partial charge < -0.3 is 0 Å². The first-order valence-electron chi connectivity index (χ1n) is 15.9. The van der Waals surface area contributed by atoms with E-state index in [2.05, 4.69) is 155 Å². The highest BCUT2D eigenvalue weighted by Crippen LogP contribution is 2.44. The maximum atomic E-state index is 5.04. The van der Waals surface area contributed by atoms with Gasteiger partial charge in [-0.15, -0.1) is 0 Å². The second kappa shape index (κ2) is 11.2. The lowest BCUT2D eigenvalue weighted by Crippen LogP contribution is -1.97. The molecule has 0 unspecified atom stereocenters. The lowest BCUT2D eigenvalue weighted by molar-refractivity contribution is 1.10. The Morgan fingerprint density at radius 1 is 0.383 bits per heavy atom. The van der Waals surface area contributed by atoms with Crippen molar-refractivity contribution in [3.8, 4) is 50.5 Å². The first-order chi connectivity index (χ1) is 23.3. The van der Waals surface area contributed by atoms with Crippen molar-refractivity contribution in [2.45, 2.75) is 0 Å². The van der Waals surface area contributed by atoms with Crippen molar-refractivity contribution in [2.75, 3.05) is 0 Å². The molecule has 0 aliphatic heterocycles. The number of imidazole rings is 1. The molecular weight excluding hydrogens is 571 g/mol. The van der Waals surface area contributed by atoms with Crippen LogP contribution in [0.2, 0.25) is 0 Å². The highest BCUT2D eigenvalue weighted by atomic mass is 15.1. The molecule has 0 saturated heterocycles. The minimum atomic E-state index is 0.939. The van der Waals surface area contributed by atoms with Crippen molar-refractivity contribution < 1.29 is 0 Å². The van der Waals surface area contributed by atoms with Gasteiger partial charge in [-0.05, 0) is 85.3 Å². The van der Waals surface area contributed by atoms with Gasteiger partial charge in [0.25, 0.3) is 0 Å². The molecule has 2 aromatic heterocycles. The summed E-state index contributed by atoms with van der Waals surface area (Å²) in [5.74, 6) is 0.939. The normalized spacial score (nSPS) is 11.4. The van der Waals surface area contributed by atoms with Crippen LogP contribution in [-0.4, -0.2) is 14.5 Å². The molecule has 0 fully saturated rings. The van der Waals surface area contributed by atoms with Crippen molar-refractivity contribution in [1.82, 2.24) is 14.5 Å².